The van der Waals surface area contributed by atoms with Crippen LogP contribution in [-0.4, -0.2) is 39.5 Å². The number of aromatic nitrogens is 3. The molecule has 1 N–H and O–H groups in total. The van der Waals surface area contributed by atoms with E-state index in [2.05, 4.69) is 20.2 Å². The van der Waals surface area contributed by atoms with Crippen LogP contribution in [0.25, 0.3) is 28.0 Å². The second kappa shape index (κ2) is 5.65. The second-order valence-corrected chi connectivity index (χ2v) is 7.76. The number of imidazole rings is 1. The fourth-order valence-corrected chi connectivity index (χ4v) is 4.40. The molecule has 2 saturated heterocycles. The van der Waals surface area contributed by atoms with E-state index in [0.29, 0.717) is 29.1 Å². The van der Waals surface area contributed by atoms with Crippen LogP contribution >= 0.6 is 0 Å². The van der Waals surface area contributed by atoms with Gasteiger partial charge >= 0.3 is 5.63 Å². The Morgan fingerprint density at radius 3 is 2.93 bits per heavy atom. The maximum atomic E-state index is 12.7. The van der Waals surface area contributed by atoms with Crippen molar-refractivity contribution in [3.05, 3.63) is 58.7 Å². The molecule has 0 unspecified atom stereocenters. The van der Waals surface area contributed by atoms with Gasteiger partial charge in [-0.15, -0.1) is 0 Å². The predicted octanol–water partition coefficient (Wildman–Crippen LogP) is 2.36. The Morgan fingerprint density at radius 2 is 2.11 bits per heavy atom. The number of aryl methyl sites for hydroxylation is 1. The third-order valence-corrected chi connectivity index (χ3v) is 5.81. The van der Waals surface area contributed by atoms with Gasteiger partial charge in [-0.2, -0.15) is 4.98 Å². The fourth-order valence-electron chi connectivity index (χ4n) is 4.40. The zero-order valence-electron chi connectivity index (χ0n) is 15.4. The summed E-state index contributed by atoms with van der Waals surface area (Å²) in [5.41, 5.74) is 2.94. The van der Waals surface area contributed by atoms with E-state index < -0.39 is 5.63 Å². The molecule has 28 heavy (non-hydrogen) atoms. The number of hydrogen-bond acceptors (Lipinski definition) is 6. The van der Waals surface area contributed by atoms with E-state index in [1.54, 1.807) is 0 Å². The molecule has 6 rings (SSSR count). The summed E-state index contributed by atoms with van der Waals surface area (Å²) >= 11 is 0. The molecule has 2 aliphatic heterocycles. The monoisotopic (exact) mass is 373 g/mol. The van der Waals surface area contributed by atoms with Crippen molar-refractivity contribution in [1.82, 2.24) is 19.7 Å². The number of anilines is 1. The Hall–Kier alpha value is -3.19. The maximum Gasteiger partial charge on any atom is 0.347 e. The number of rotatable bonds is 2. The first-order valence-electron chi connectivity index (χ1n) is 9.55. The van der Waals surface area contributed by atoms with Gasteiger partial charge in [-0.05, 0) is 43.2 Å². The smallest absolute Gasteiger partial charge is 0.347 e. The van der Waals surface area contributed by atoms with Gasteiger partial charge in [0.05, 0.1) is 11.3 Å². The lowest BCUT2D eigenvalue weighted by Crippen LogP contribution is -2.43. The lowest BCUT2D eigenvalue weighted by molar-refractivity contribution is 0.547. The van der Waals surface area contributed by atoms with Crippen LogP contribution in [0.1, 0.15) is 12.0 Å². The van der Waals surface area contributed by atoms with E-state index >= 15 is 0 Å². The van der Waals surface area contributed by atoms with Gasteiger partial charge in [0.25, 0.3) is 0 Å². The first kappa shape index (κ1) is 15.8. The van der Waals surface area contributed by atoms with E-state index in [4.69, 9.17) is 4.42 Å². The Balaban J connectivity index is 1.43. The minimum absolute atomic E-state index is 0.376. The van der Waals surface area contributed by atoms with Gasteiger partial charge < -0.3 is 19.0 Å². The normalized spacial score (nSPS) is 21.2. The van der Waals surface area contributed by atoms with E-state index in [1.807, 2.05) is 54.0 Å². The molecule has 7 heteroatoms. The maximum absolute atomic E-state index is 12.7. The summed E-state index contributed by atoms with van der Waals surface area (Å²) in [7, 11) is 0. The number of hydrogen-bond donors (Lipinski definition) is 1. The zero-order valence-corrected chi connectivity index (χ0v) is 15.4. The Morgan fingerprint density at radius 1 is 1.18 bits per heavy atom. The highest BCUT2D eigenvalue weighted by Gasteiger charge is 2.38. The van der Waals surface area contributed by atoms with Gasteiger partial charge in [-0.3, -0.25) is 0 Å². The van der Waals surface area contributed by atoms with Crippen LogP contribution in [0.3, 0.4) is 0 Å². The lowest BCUT2D eigenvalue weighted by atomic mass is 10.2. The SMILES string of the molecule is Cc1ccc2nc(-c3cc4ccc(N5C[C@@H]6C[C@H]5CN6)nc4oc3=O)cn2c1. The van der Waals surface area contributed by atoms with Crippen LogP contribution in [0.15, 0.2) is 51.9 Å². The summed E-state index contributed by atoms with van der Waals surface area (Å²) in [4.78, 5) is 24.2. The third-order valence-electron chi connectivity index (χ3n) is 5.81. The molecule has 2 bridgehead atoms. The van der Waals surface area contributed by atoms with Crippen LogP contribution < -0.4 is 15.8 Å². The number of nitrogens with one attached hydrogen (secondary N) is 1. The molecule has 7 nitrogen and oxygen atoms in total. The Labute approximate surface area is 160 Å². The lowest BCUT2D eigenvalue weighted by Gasteiger charge is -2.28. The van der Waals surface area contributed by atoms with Crippen molar-refractivity contribution in [2.24, 2.45) is 0 Å². The second-order valence-electron chi connectivity index (χ2n) is 7.76. The first-order valence-corrected chi connectivity index (χ1v) is 9.55. The molecule has 0 saturated carbocycles. The fraction of sp³-hybridized carbons (Fsp3) is 0.286. The van der Waals surface area contributed by atoms with Crippen LogP contribution in [0.5, 0.6) is 0 Å². The molecule has 4 aromatic rings. The Bertz CT molecular complexity index is 1290. The summed E-state index contributed by atoms with van der Waals surface area (Å²) in [6, 6.07) is 10.8. The molecule has 0 aromatic carbocycles. The highest BCUT2D eigenvalue weighted by molar-refractivity contribution is 5.80. The molecule has 0 radical (unpaired) electrons. The Kier molecular flexibility index (Phi) is 3.20. The molecule has 2 fully saturated rings. The highest BCUT2D eigenvalue weighted by Crippen LogP contribution is 2.29. The number of fused-ring (bicyclic) bond motifs is 4. The van der Waals surface area contributed by atoms with Gasteiger partial charge in [0.2, 0.25) is 5.71 Å². The molecule has 0 amide bonds. The van der Waals surface area contributed by atoms with Gasteiger partial charge in [0.15, 0.2) is 0 Å². The first-order chi connectivity index (χ1) is 13.6. The standard InChI is InChI=1S/C21H19N5O2/c1-12-2-4-18-23-17(11-25(18)9-12)16-6-13-3-5-19(24-20(13)28-21(16)27)26-10-14-7-15(26)8-22-14/h2-6,9,11,14-15,22H,7-8,10H2,1H3/t14-,15-/m0/s1. The van der Waals surface area contributed by atoms with Crippen molar-refractivity contribution < 1.29 is 4.42 Å². The van der Waals surface area contributed by atoms with E-state index in [1.165, 1.54) is 0 Å². The topological polar surface area (TPSA) is 75.7 Å². The summed E-state index contributed by atoms with van der Waals surface area (Å²) in [5, 5.41) is 4.29. The molecule has 2 aliphatic rings. The summed E-state index contributed by atoms with van der Waals surface area (Å²) in [6.45, 7) is 3.96. The molecule has 0 aliphatic carbocycles. The third kappa shape index (κ3) is 2.36. The van der Waals surface area contributed by atoms with Crippen LogP contribution in [0.2, 0.25) is 0 Å². The van der Waals surface area contributed by atoms with Crippen molar-refractivity contribution in [3.63, 3.8) is 0 Å². The van der Waals surface area contributed by atoms with Crippen molar-refractivity contribution in [2.45, 2.75) is 25.4 Å². The van der Waals surface area contributed by atoms with Gasteiger partial charge in [-0.1, -0.05) is 6.07 Å². The predicted molar refractivity (Wildman–Crippen MR) is 107 cm³/mol. The summed E-state index contributed by atoms with van der Waals surface area (Å²) in [6.07, 6.45) is 4.99. The van der Waals surface area contributed by atoms with Gasteiger partial charge in [0.1, 0.15) is 11.5 Å². The van der Waals surface area contributed by atoms with Crippen molar-refractivity contribution in [2.75, 3.05) is 18.0 Å². The zero-order chi connectivity index (χ0) is 18.8. The van der Waals surface area contributed by atoms with E-state index in [0.717, 1.165) is 41.9 Å². The average Bonchev–Trinajstić information content (AvgIpc) is 3.41. The number of nitrogens with zero attached hydrogens (tertiary/aromatic N) is 4. The van der Waals surface area contributed by atoms with Gasteiger partial charge in [-0.25, -0.2) is 9.78 Å². The molecular formula is C21H19N5O2. The molecule has 140 valence electrons. The molecule has 4 aromatic heterocycles. The minimum atomic E-state index is -0.415. The van der Waals surface area contributed by atoms with Crippen molar-refractivity contribution in [3.8, 4) is 11.3 Å². The van der Waals surface area contributed by atoms with Crippen LogP contribution in [0.4, 0.5) is 5.82 Å². The van der Waals surface area contributed by atoms with Crippen molar-refractivity contribution in [1.29, 1.82) is 0 Å². The highest BCUT2D eigenvalue weighted by atomic mass is 16.4. The van der Waals surface area contributed by atoms with E-state index in [-0.39, 0.29) is 0 Å². The van der Waals surface area contributed by atoms with Crippen LogP contribution in [-0.2, 0) is 0 Å². The number of piperazine rings is 1. The van der Waals surface area contributed by atoms with Crippen molar-refractivity contribution >= 4 is 22.6 Å². The average molecular weight is 373 g/mol. The van der Waals surface area contributed by atoms with E-state index in [9.17, 15) is 4.79 Å². The molecule has 0 spiro atoms. The summed E-state index contributed by atoms with van der Waals surface area (Å²) < 4.78 is 7.51. The molecule has 2 atom stereocenters. The summed E-state index contributed by atoms with van der Waals surface area (Å²) in [5.74, 6) is 0.876. The largest absolute Gasteiger partial charge is 0.403 e. The van der Waals surface area contributed by atoms with Gasteiger partial charge in [0, 0.05) is 43.0 Å². The quantitative estimate of drug-likeness (QED) is 0.581. The van der Waals surface area contributed by atoms with Crippen LogP contribution in [0, 0.1) is 6.92 Å². The molecule has 6 heterocycles. The number of pyridine rings is 2. The molecular weight excluding hydrogens is 354 g/mol. The minimum Gasteiger partial charge on any atom is -0.403 e.